The molecule has 1 aromatic heterocycles. The highest BCUT2D eigenvalue weighted by molar-refractivity contribution is 7.90. The number of carbonyl (C=O) groups excluding carboxylic acids is 1. The number of methoxy groups -OCH3 is 3. The topological polar surface area (TPSA) is 98.3 Å². The van der Waals surface area contributed by atoms with Crippen molar-refractivity contribution in [1.82, 2.24) is 9.88 Å². The lowest BCUT2D eigenvalue weighted by atomic mass is 10.1. The number of hydrogen-bond donors (Lipinski definition) is 0. The van der Waals surface area contributed by atoms with Gasteiger partial charge in [0, 0.05) is 25.4 Å². The minimum atomic E-state index is -3.35. The van der Waals surface area contributed by atoms with Gasteiger partial charge < -0.3 is 19.1 Å². The third kappa shape index (κ3) is 6.30. The molecule has 11 heteroatoms. The van der Waals surface area contributed by atoms with E-state index in [1.54, 1.807) is 35.2 Å². The van der Waals surface area contributed by atoms with Crippen LogP contribution in [0.25, 0.3) is 16.3 Å². The standard InChI is InChI=1S/C24H29N3O6S2/c1-26(2)11-12-27(24-25-18-9-8-17(35(6,29)30)15-21(18)34-24)22(28)10-7-16-13-19(31-3)23(33-5)20(14-16)32-4/h7-10,13-15H,11-12H2,1-6H3. The van der Waals surface area contributed by atoms with E-state index in [9.17, 15) is 13.2 Å². The van der Waals surface area contributed by atoms with Crippen LogP contribution in [0.5, 0.6) is 17.2 Å². The van der Waals surface area contributed by atoms with Gasteiger partial charge in [-0.3, -0.25) is 9.69 Å². The lowest BCUT2D eigenvalue weighted by molar-refractivity contribution is -0.114. The molecule has 0 radical (unpaired) electrons. The Labute approximate surface area is 209 Å². The zero-order chi connectivity index (χ0) is 25.8. The molecule has 3 rings (SSSR count). The summed E-state index contributed by atoms with van der Waals surface area (Å²) >= 11 is 1.27. The maximum Gasteiger partial charge on any atom is 0.252 e. The van der Waals surface area contributed by atoms with Gasteiger partial charge in [-0.05, 0) is 56.1 Å². The maximum atomic E-state index is 13.3. The monoisotopic (exact) mass is 519 g/mol. The van der Waals surface area contributed by atoms with Gasteiger partial charge in [0.15, 0.2) is 26.5 Å². The minimum absolute atomic E-state index is 0.216. The number of ether oxygens (including phenoxy) is 3. The van der Waals surface area contributed by atoms with E-state index in [1.165, 1.54) is 44.8 Å². The zero-order valence-corrected chi connectivity index (χ0v) is 22.2. The van der Waals surface area contributed by atoms with E-state index in [0.717, 1.165) is 6.26 Å². The van der Waals surface area contributed by atoms with Crippen LogP contribution in [0, 0.1) is 0 Å². The first-order valence-corrected chi connectivity index (χ1v) is 13.3. The van der Waals surface area contributed by atoms with Crippen LogP contribution in [-0.2, 0) is 14.6 Å². The van der Waals surface area contributed by atoms with Crippen LogP contribution in [0.2, 0.25) is 0 Å². The van der Waals surface area contributed by atoms with Gasteiger partial charge in [-0.1, -0.05) is 11.3 Å². The van der Waals surface area contributed by atoms with Crippen molar-refractivity contribution >= 4 is 48.5 Å². The fraction of sp³-hybridized carbons (Fsp3) is 0.333. The second-order valence-corrected chi connectivity index (χ2v) is 11.0. The SMILES string of the molecule is COc1cc(C=CC(=O)N(CCN(C)C)c2nc3ccc(S(C)(=O)=O)cc3s2)cc(OC)c1OC. The van der Waals surface area contributed by atoms with Crippen molar-refractivity contribution in [2.75, 3.05) is 59.7 Å². The molecule has 1 amide bonds. The molecule has 9 nitrogen and oxygen atoms in total. The summed E-state index contributed by atoms with van der Waals surface area (Å²) in [5, 5.41) is 0.493. The Balaban J connectivity index is 1.96. The highest BCUT2D eigenvalue weighted by Crippen LogP contribution is 2.38. The Morgan fingerprint density at radius 1 is 1.03 bits per heavy atom. The number of sulfone groups is 1. The summed E-state index contributed by atoms with van der Waals surface area (Å²) in [5.74, 6) is 1.17. The van der Waals surface area contributed by atoms with E-state index in [-0.39, 0.29) is 10.8 Å². The first-order chi connectivity index (χ1) is 16.6. The van der Waals surface area contributed by atoms with Crippen molar-refractivity contribution in [3.8, 4) is 17.2 Å². The molecule has 0 atom stereocenters. The van der Waals surface area contributed by atoms with Gasteiger partial charge in [-0.15, -0.1) is 0 Å². The van der Waals surface area contributed by atoms with E-state index in [0.29, 0.717) is 51.2 Å². The Bertz CT molecular complexity index is 1320. The molecule has 0 aliphatic heterocycles. The molecule has 2 aromatic carbocycles. The van der Waals surface area contributed by atoms with Crippen molar-refractivity contribution in [3.63, 3.8) is 0 Å². The normalized spacial score (nSPS) is 11.9. The lowest BCUT2D eigenvalue weighted by Gasteiger charge is -2.20. The molecule has 0 bridgehead atoms. The number of anilines is 1. The number of nitrogens with zero attached hydrogens (tertiary/aromatic N) is 3. The zero-order valence-electron chi connectivity index (χ0n) is 20.6. The maximum absolute atomic E-state index is 13.3. The molecule has 0 saturated carbocycles. The highest BCUT2D eigenvalue weighted by Gasteiger charge is 2.20. The van der Waals surface area contributed by atoms with Gasteiger partial charge in [-0.2, -0.15) is 0 Å². The number of carbonyl (C=O) groups is 1. The molecule has 188 valence electrons. The van der Waals surface area contributed by atoms with E-state index in [4.69, 9.17) is 14.2 Å². The molecule has 0 spiro atoms. The van der Waals surface area contributed by atoms with Gasteiger partial charge in [0.2, 0.25) is 5.75 Å². The largest absolute Gasteiger partial charge is 0.493 e. The Morgan fingerprint density at radius 2 is 1.69 bits per heavy atom. The predicted octanol–water partition coefficient (Wildman–Crippen LogP) is 3.33. The summed E-state index contributed by atoms with van der Waals surface area (Å²) in [4.78, 5) is 21.6. The molecule has 35 heavy (non-hydrogen) atoms. The molecule has 0 saturated heterocycles. The van der Waals surface area contributed by atoms with Gasteiger partial charge in [0.1, 0.15) is 0 Å². The lowest BCUT2D eigenvalue weighted by Crippen LogP contribution is -2.35. The molecule has 1 heterocycles. The first kappa shape index (κ1) is 26.5. The summed E-state index contributed by atoms with van der Waals surface area (Å²) in [7, 11) is 5.08. The van der Waals surface area contributed by atoms with Crippen LogP contribution < -0.4 is 19.1 Å². The second-order valence-electron chi connectivity index (χ2n) is 7.98. The Kier molecular flexibility index (Phi) is 8.36. The minimum Gasteiger partial charge on any atom is -0.493 e. The number of benzene rings is 2. The van der Waals surface area contributed by atoms with Crippen molar-refractivity contribution < 1.29 is 27.4 Å². The molecule has 0 N–H and O–H groups in total. The van der Waals surface area contributed by atoms with Crippen molar-refractivity contribution in [2.45, 2.75) is 4.90 Å². The first-order valence-electron chi connectivity index (χ1n) is 10.6. The highest BCUT2D eigenvalue weighted by atomic mass is 32.2. The summed E-state index contributed by atoms with van der Waals surface area (Å²) in [5.41, 5.74) is 1.33. The number of thiazole rings is 1. The molecule has 0 aliphatic rings. The van der Waals surface area contributed by atoms with Crippen LogP contribution in [0.15, 0.2) is 41.3 Å². The van der Waals surface area contributed by atoms with Gasteiger partial charge >= 0.3 is 0 Å². The Morgan fingerprint density at radius 3 is 2.23 bits per heavy atom. The molecule has 0 unspecified atom stereocenters. The van der Waals surface area contributed by atoms with E-state index in [2.05, 4.69) is 4.98 Å². The molecule has 0 aliphatic carbocycles. The number of rotatable bonds is 10. The average Bonchev–Trinajstić information content (AvgIpc) is 3.24. The summed E-state index contributed by atoms with van der Waals surface area (Å²) in [6.45, 7) is 1.03. The number of hydrogen-bond acceptors (Lipinski definition) is 9. The van der Waals surface area contributed by atoms with Crippen LogP contribution >= 0.6 is 11.3 Å². The van der Waals surface area contributed by atoms with Gasteiger partial charge in [0.25, 0.3) is 5.91 Å². The van der Waals surface area contributed by atoms with Gasteiger partial charge in [-0.25, -0.2) is 13.4 Å². The van der Waals surface area contributed by atoms with Gasteiger partial charge in [0.05, 0.1) is 36.4 Å². The van der Waals surface area contributed by atoms with E-state index >= 15 is 0 Å². The summed E-state index contributed by atoms with van der Waals surface area (Å²) < 4.78 is 40.7. The van der Waals surface area contributed by atoms with Crippen molar-refractivity contribution in [2.24, 2.45) is 0 Å². The number of likely N-dealkylation sites (N-methyl/N-ethyl adjacent to an activating group) is 1. The third-order valence-corrected chi connectivity index (χ3v) is 7.30. The van der Waals surface area contributed by atoms with Crippen molar-refractivity contribution in [1.29, 1.82) is 0 Å². The fourth-order valence-electron chi connectivity index (χ4n) is 3.29. The smallest absolute Gasteiger partial charge is 0.252 e. The average molecular weight is 520 g/mol. The van der Waals surface area contributed by atoms with Crippen LogP contribution in [0.1, 0.15) is 5.56 Å². The molecule has 0 fully saturated rings. The van der Waals surface area contributed by atoms with Crippen LogP contribution in [0.3, 0.4) is 0 Å². The quantitative estimate of drug-likeness (QED) is 0.376. The molecular weight excluding hydrogens is 490 g/mol. The summed E-state index contributed by atoms with van der Waals surface area (Å²) in [6, 6.07) is 8.27. The summed E-state index contributed by atoms with van der Waals surface area (Å²) in [6.07, 6.45) is 4.30. The fourth-order valence-corrected chi connectivity index (χ4v) is 5.05. The number of aromatic nitrogens is 1. The molecular formula is C24H29N3O6S2. The number of fused-ring (bicyclic) bond motifs is 1. The second kappa shape index (κ2) is 11.1. The Hall–Kier alpha value is -3.15. The van der Waals surface area contributed by atoms with E-state index < -0.39 is 9.84 Å². The molecule has 3 aromatic rings. The van der Waals surface area contributed by atoms with Crippen LogP contribution in [0.4, 0.5) is 5.13 Å². The van der Waals surface area contributed by atoms with Crippen molar-refractivity contribution in [3.05, 3.63) is 42.0 Å². The third-order valence-electron chi connectivity index (χ3n) is 5.15. The van der Waals surface area contributed by atoms with Crippen LogP contribution in [-0.4, -0.2) is 79.0 Å². The number of amides is 1. The predicted molar refractivity (Wildman–Crippen MR) is 139 cm³/mol. The van der Waals surface area contributed by atoms with E-state index in [1.807, 2.05) is 19.0 Å².